The number of fused-ring (bicyclic) bond motifs is 6. The summed E-state index contributed by atoms with van der Waals surface area (Å²) in [5.74, 6) is 1.89. The van der Waals surface area contributed by atoms with Gasteiger partial charge < -0.3 is 4.42 Å². The predicted octanol–water partition coefficient (Wildman–Crippen LogP) is 14.1. The molecule has 0 amide bonds. The van der Waals surface area contributed by atoms with E-state index in [-0.39, 0.29) is 0 Å². The zero-order chi connectivity index (χ0) is 37.7. The van der Waals surface area contributed by atoms with Crippen LogP contribution in [-0.2, 0) is 0 Å². The Balaban J connectivity index is 1.08. The molecule has 11 rings (SSSR count). The molecule has 2 heterocycles. The highest BCUT2D eigenvalue weighted by molar-refractivity contribution is 6.20. The summed E-state index contributed by atoms with van der Waals surface area (Å²) >= 11 is 0. The average Bonchev–Trinajstić information content (AvgIpc) is 3.67. The molecule has 0 N–H and O–H groups in total. The first-order valence-corrected chi connectivity index (χ1v) is 19.2. The van der Waals surface area contributed by atoms with Gasteiger partial charge in [0.1, 0.15) is 11.2 Å². The monoisotopic (exact) mass is 727 g/mol. The van der Waals surface area contributed by atoms with E-state index in [0.29, 0.717) is 17.5 Å². The highest BCUT2D eigenvalue weighted by Gasteiger charge is 2.19. The Morgan fingerprint density at radius 2 is 0.789 bits per heavy atom. The molecule has 9 aromatic carbocycles. The molecule has 0 radical (unpaired) electrons. The smallest absolute Gasteiger partial charge is 0.164 e. The van der Waals surface area contributed by atoms with Crippen LogP contribution in [0.15, 0.2) is 205 Å². The van der Waals surface area contributed by atoms with Gasteiger partial charge in [-0.25, -0.2) is 15.0 Å². The predicted molar refractivity (Wildman–Crippen MR) is 235 cm³/mol. The van der Waals surface area contributed by atoms with Crippen LogP contribution in [0.5, 0.6) is 0 Å². The van der Waals surface area contributed by atoms with Gasteiger partial charge >= 0.3 is 0 Å². The standard InChI is InChI=1S/C53H33N3O/c1-4-15-34(16-5-1)37-21-14-22-39(31-37)52-54-51(36-19-8-3-9-20-36)55-53(56-52)45-29-28-40(41-23-10-11-24-42(41)45)38-27-30-49-47(32-38)48-33-46(35-17-6-2-7-18-35)43-25-12-13-26-44(43)50(48)57-49/h1-33H. The van der Waals surface area contributed by atoms with Gasteiger partial charge in [0.15, 0.2) is 17.5 Å². The third kappa shape index (κ3) is 5.74. The summed E-state index contributed by atoms with van der Waals surface area (Å²) < 4.78 is 6.62. The Morgan fingerprint density at radius 1 is 0.263 bits per heavy atom. The second-order valence-corrected chi connectivity index (χ2v) is 14.4. The van der Waals surface area contributed by atoms with Crippen molar-refractivity contribution >= 4 is 43.5 Å². The summed E-state index contributed by atoms with van der Waals surface area (Å²) in [5.41, 5.74) is 11.5. The normalized spacial score (nSPS) is 11.5. The van der Waals surface area contributed by atoms with Crippen LogP contribution in [0.25, 0.3) is 111 Å². The Hall–Kier alpha value is -7.69. The maximum atomic E-state index is 6.62. The van der Waals surface area contributed by atoms with Gasteiger partial charge in [0.25, 0.3) is 0 Å². The van der Waals surface area contributed by atoms with Crippen molar-refractivity contribution in [3.05, 3.63) is 200 Å². The van der Waals surface area contributed by atoms with Crippen molar-refractivity contribution in [2.45, 2.75) is 0 Å². The molecule has 4 nitrogen and oxygen atoms in total. The molecule has 4 heteroatoms. The van der Waals surface area contributed by atoms with Gasteiger partial charge in [-0.2, -0.15) is 0 Å². The van der Waals surface area contributed by atoms with Crippen molar-refractivity contribution in [1.29, 1.82) is 0 Å². The summed E-state index contributed by atoms with van der Waals surface area (Å²) in [6.45, 7) is 0. The molecule has 57 heavy (non-hydrogen) atoms. The molecule has 0 unspecified atom stereocenters. The van der Waals surface area contributed by atoms with Crippen molar-refractivity contribution in [3.63, 3.8) is 0 Å². The van der Waals surface area contributed by atoms with Gasteiger partial charge in [-0.05, 0) is 79.9 Å². The number of benzene rings is 9. The Bertz CT molecular complexity index is 3280. The summed E-state index contributed by atoms with van der Waals surface area (Å²) in [5, 5.41) is 6.67. The van der Waals surface area contributed by atoms with Crippen LogP contribution in [0, 0.1) is 0 Å². The lowest BCUT2D eigenvalue weighted by atomic mass is 9.93. The van der Waals surface area contributed by atoms with Crippen LogP contribution < -0.4 is 0 Å². The lowest BCUT2D eigenvalue weighted by molar-refractivity contribution is 0.673. The maximum Gasteiger partial charge on any atom is 0.164 e. The molecule has 0 bridgehead atoms. The number of rotatable bonds is 6. The molecule has 0 aliphatic heterocycles. The minimum atomic E-state index is 0.628. The molecule has 0 saturated heterocycles. The maximum absolute atomic E-state index is 6.62. The minimum Gasteiger partial charge on any atom is -0.455 e. The largest absolute Gasteiger partial charge is 0.455 e. The molecule has 11 aromatic rings. The van der Waals surface area contributed by atoms with Gasteiger partial charge in [-0.3, -0.25) is 0 Å². The summed E-state index contributed by atoms with van der Waals surface area (Å²) in [4.78, 5) is 15.3. The van der Waals surface area contributed by atoms with Crippen molar-refractivity contribution in [2.75, 3.05) is 0 Å². The van der Waals surface area contributed by atoms with E-state index in [1.54, 1.807) is 0 Å². The van der Waals surface area contributed by atoms with Crippen LogP contribution in [0.1, 0.15) is 0 Å². The van der Waals surface area contributed by atoms with E-state index in [1.807, 2.05) is 36.4 Å². The average molecular weight is 728 g/mol. The zero-order valence-electron chi connectivity index (χ0n) is 30.8. The van der Waals surface area contributed by atoms with Crippen LogP contribution >= 0.6 is 0 Å². The fraction of sp³-hybridized carbons (Fsp3) is 0. The van der Waals surface area contributed by atoms with E-state index in [1.165, 1.54) is 16.5 Å². The first-order chi connectivity index (χ1) is 28.2. The van der Waals surface area contributed by atoms with Gasteiger partial charge in [0, 0.05) is 32.8 Å². The van der Waals surface area contributed by atoms with Crippen molar-refractivity contribution in [1.82, 2.24) is 15.0 Å². The van der Waals surface area contributed by atoms with E-state index in [0.717, 1.165) is 77.0 Å². The molecular weight excluding hydrogens is 695 g/mol. The molecule has 0 spiro atoms. The van der Waals surface area contributed by atoms with Crippen molar-refractivity contribution in [2.24, 2.45) is 0 Å². The van der Waals surface area contributed by atoms with Crippen molar-refractivity contribution < 1.29 is 4.42 Å². The number of nitrogens with zero attached hydrogens (tertiary/aromatic N) is 3. The number of hydrogen-bond donors (Lipinski definition) is 0. The molecule has 0 fully saturated rings. The second-order valence-electron chi connectivity index (χ2n) is 14.4. The quantitative estimate of drug-likeness (QED) is 0.171. The Labute approximate surface area is 329 Å². The summed E-state index contributed by atoms with van der Waals surface area (Å²) in [7, 11) is 0. The summed E-state index contributed by atoms with van der Waals surface area (Å²) in [6, 6.07) is 69.8. The van der Waals surface area contributed by atoms with Gasteiger partial charge in [-0.15, -0.1) is 0 Å². The molecule has 0 aliphatic rings. The van der Waals surface area contributed by atoms with E-state index in [2.05, 4.69) is 164 Å². The number of aromatic nitrogens is 3. The highest BCUT2D eigenvalue weighted by Crippen LogP contribution is 2.42. The lowest BCUT2D eigenvalue weighted by Crippen LogP contribution is -2.01. The molecular formula is C53H33N3O. The first kappa shape index (κ1) is 32.7. The van der Waals surface area contributed by atoms with Gasteiger partial charge in [0.2, 0.25) is 0 Å². The molecule has 0 saturated carbocycles. The lowest BCUT2D eigenvalue weighted by Gasteiger charge is -2.13. The van der Waals surface area contributed by atoms with Gasteiger partial charge in [0.05, 0.1) is 0 Å². The highest BCUT2D eigenvalue weighted by atomic mass is 16.3. The minimum absolute atomic E-state index is 0.628. The fourth-order valence-corrected chi connectivity index (χ4v) is 8.18. The molecule has 0 aliphatic carbocycles. The third-order valence-electron chi connectivity index (χ3n) is 10.9. The van der Waals surface area contributed by atoms with Crippen LogP contribution in [0.3, 0.4) is 0 Å². The van der Waals surface area contributed by atoms with Gasteiger partial charge in [-0.1, -0.05) is 170 Å². The molecule has 2 aromatic heterocycles. The molecule has 266 valence electrons. The van der Waals surface area contributed by atoms with E-state index < -0.39 is 0 Å². The Kier molecular flexibility index (Phi) is 7.78. The van der Waals surface area contributed by atoms with E-state index in [9.17, 15) is 0 Å². The fourth-order valence-electron chi connectivity index (χ4n) is 8.18. The second kappa shape index (κ2) is 13.6. The zero-order valence-corrected chi connectivity index (χ0v) is 30.8. The summed E-state index contributed by atoms with van der Waals surface area (Å²) in [6.07, 6.45) is 0. The van der Waals surface area contributed by atoms with Crippen LogP contribution in [0.2, 0.25) is 0 Å². The molecule has 0 atom stereocenters. The SMILES string of the molecule is c1ccc(-c2cccc(-c3nc(-c4ccccc4)nc(-c4ccc(-c5ccc6oc7c8ccccc8c(-c8ccccc8)cc7c6c5)c5ccccc45)n3)c2)cc1. The van der Waals surface area contributed by atoms with E-state index in [4.69, 9.17) is 19.4 Å². The topological polar surface area (TPSA) is 51.8 Å². The van der Waals surface area contributed by atoms with Crippen LogP contribution in [-0.4, -0.2) is 15.0 Å². The van der Waals surface area contributed by atoms with E-state index >= 15 is 0 Å². The Morgan fingerprint density at radius 3 is 1.51 bits per heavy atom. The first-order valence-electron chi connectivity index (χ1n) is 19.2. The number of hydrogen-bond acceptors (Lipinski definition) is 4. The van der Waals surface area contributed by atoms with Crippen molar-refractivity contribution in [3.8, 4) is 67.5 Å². The third-order valence-corrected chi connectivity index (χ3v) is 10.9. The number of furan rings is 1. The van der Waals surface area contributed by atoms with Crippen LogP contribution in [0.4, 0.5) is 0 Å².